The van der Waals surface area contributed by atoms with Crippen molar-refractivity contribution in [2.75, 3.05) is 14.2 Å². The molecule has 0 heterocycles. The van der Waals surface area contributed by atoms with Crippen LogP contribution >= 0.6 is 0 Å². The smallest absolute Gasteiger partial charge is 0.356 e. The third-order valence-corrected chi connectivity index (χ3v) is 0.968. The number of carboxylic acids is 1. The molecule has 0 aliphatic rings. The summed E-state index contributed by atoms with van der Waals surface area (Å²) in [6, 6.07) is 0. The Morgan fingerprint density at radius 1 is 1.50 bits per heavy atom. The van der Waals surface area contributed by atoms with Crippen molar-refractivity contribution in [2.45, 2.75) is 12.6 Å². The third kappa shape index (κ3) is 7.26. The molecule has 6 heteroatoms. The minimum absolute atomic E-state index is 0.739. The molecule has 1 unspecified atom stereocenters. The first-order valence-electron chi connectivity index (χ1n) is 3.62. The van der Waals surface area contributed by atoms with Gasteiger partial charge in [0.05, 0.1) is 0 Å². The van der Waals surface area contributed by atoms with Gasteiger partial charge in [0.15, 0.2) is 0 Å². The summed E-state index contributed by atoms with van der Waals surface area (Å²) in [5, 5.41) is 19.0. The molecule has 82 valence electrons. The van der Waals surface area contributed by atoms with Gasteiger partial charge >= 0.3 is 5.97 Å². The second-order valence-electron chi connectivity index (χ2n) is 2.48. The predicted molar refractivity (Wildman–Crippen MR) is 49.5 cm³/mol. The van der Waals surface area contributed by atoms with E-state index < -0.39 is 17.6 Å². The Labute approximate surface area is 82.2 Å². The first-order valence-corrected chi connectivity index (χ1v) is 3.62. The van der Waals surface area contributed by atoms with Crippen LogP contribution in [0.15, 0.2) is 12.7 Å². The van der Waals surface area contributed by atoms with Crippen molar-refractivity contribution in [1.29, 1.82) is 0 Å². The lowest BCUT2D eigenvalue weighted by molar-refractivity contribution is -0.162. The van der Waals surface area contributed by atoms with Gasteiger partial charge in [0.1, 0.15) is 0 Å². The molecule has 1 atom stereocenters. The number of methoxy groups -OCH3 is 1. The second kappa shape index (κ2) is 7.05. The fourth-order valence-electron chi connectivity index (χ4n) is 0.344. The van der Waals surface area contributed by atoms with Crippen molar-refractivity contribution < 1.29 is 24.5 Å². The molecule has 0 aromatic rings. The zero-order chi connectivity index (χ0) is 11.8. The number of aliphatic hydroxyl groups is 1. The van der Waals surface area contributed by atoms with Crippen LogP contribution in [0, 0.1) is 0 Å². The van der Waals surface area contributed by atoms with E-state index in [0.717, 1.165) is 13.0 Å². The summed E-state index contributed by atoms with van der Waals surface area (Å²) < 4.78 is 4.25. The van der Waals surface area contributed by atoms with E-state index in [9.17, 15) is 9.59 Å². The number of amides is 1. The quantitative estimate of drug-likeness (QED) is 0.420. The molecule has 0 aliphatic heterocycles. The molecule has 0 aromatic carbocycles. The first kappa shape index (κ1) is 15.1. The molecule has 14 heavy (non-hydrogen) atoms. The number of nitrogens with one attached hydrogen (secondary N) is 1. The Hall–Kier alpha value is -1.40. The summed E-state index contributed by atoms with van der Waals surface area (Å²) in [5.74, 6) is -2.26. The predicted octanol–water partition coefficient (Wildman–Crippen LogP) is -0.656. The minimum Gasteiger partial charge on any atom is -0.478 e. The highest BCUT2D eigenvalue weighted by molar-refractivity contribution is 5.91. The van der Waals surface area contributed by atoms with Crippen LogP contribution < -0.4 is 5.32 Å². The molecule has 0 bridgehead atoms. The summed E-state index contributed by atoms with van der Waals surface area (Å²) in [7, 11) is 3.25. The van der Waals surface area contributed by atoms with Crippen molar-refractivity contribution in [1.82, 2.24) is 5.32 Å². The van der Waals surface area contributed by atoms with Crippen LogP contribution in [0.25, 0.3) is 0 Å². The Bertz CT molecular complexity index is 212. The number of ether oxygens (including phenoxy) is 1. The molecule has 0 aromatic heterocycles. The van der Waals surface area contributed by atoms with Crippen molar-refractivity contribution >= 4 is 11.9 Å². The van der Waals surface area contributed by atoms with Gasteiger partial charge in [0.25, 0.3) is 0 Å². The number of rotatable bonds is 3. The van der Waals surface area contributed by atoms with E-state index in [1.807, 2.05) is 0 Å². The number of hydrogen-bond acceptors (Lipinski definition) is 4. The molecule has 3 N–H and O–H groups in total. The average Bonchev–Trinajstić information content (AvgIpc) is 2.04. The minimum atomic E-state index is -2.23. The van der Waals surface area contributed by atoms with Crippen LogP contribution in [0.4, 0.5) is 0 Å². The molecular formula is C8H15NO5. The number of carboxylic acid groups (broad SMARTS) is 1. The zero-order valence-corrected chi connectivity index (χ0v) is 8.40. The summed E-state index contributed by atoms with van der Waals surface area (Å²) in [5.41, 5.74) is -2.23. The van der Waals surface area contributed by atoms with Gasteiger partial charge < -0.3 is 20.3 Å². The lowest BCUT2D eigenvalue weighted by atomic mass is 10.2. The van der Waals surface area contributed by atoms with Crippen molar-refractivity contribution in [3.8, 4) is 0 Å². The molecule has 0 saturated heterocycles. The number of carbonyl (C=O) groups excluding carboxylic acids is 1. The van der Waals surface area contributed by atoms with Crippen molar-refractivity contribution in [3.05, 3.63) is 12.7 Å². The summed E-state index contributed by atoms with van der Waals surface area (Å²) in [6.07, 6.45) is 0.872. The summed E-state index contributed by atoms with van der Waals surface area (Å²) in [6.45, 7) is 4.04. The van der Waals surface area contributed by atoms with Gasteiger partial charge in [-0.25, -0.2) is 4.79 Å². The van der Waals surface area contributed by atoms with Gasteiger partial charge in [-0.15, -0.1) is 0 Å². The average molecular weight is 205 g/mol. The highest BCUT2D eigenvalue weighted by atomic mass is 16.5. The van der Waals surface area contributed by atoms with Crippen LogP contribution in [0.3, 0.4) is 0 Å². The molecule has 0 radical (unpaired) electrons. The first-order chi connectivity index (χ1) is 6.31. The maximum atomic E-state index is 10.5. The highest BCUT2D eigenvalue weighted by Crippen LogP contribution is 1.96. The molecule has 0 rings (SSSR count). The molecule has 0 saturated carbocycles. The van der Waals surface area contributed by atoms with E-state index in [0.29, 0.717) is 0 Å². The van der Waals surface area contributed by atoms with E-state index >= 15 is 0 Å². The molecule has 6 nitrogen and oxygen atoms in total. The van der Waals surface area contributed by atoms with Gasteiger partial charge in [0, 0.05) is 14.2 Å². The maximum absolute atomic E-state index is 10.5. The highest BCUT2D eigenvalue weighted by Gasteiger charge is 2.30. The Balaban J connectivity index is 0. The van der Waals surface area contributed by atoms with Crippen LogP contribution in [-0.4, -0.2) is 42.0 Å². The van der Waals surface area contributed by atoms with Gasteiger partial charge in [-0.1, -0.05) is 6.58 Å². The Kier molecular flexibility index (Phi) is 7.60. The second-order valence-corrected chi connectivity index (χ2v) is 2.48. The maximum Gasteiger partial charge on any atom is 0.356 e. The zero-order valence-electron chi connectivity index (χ0n) is 8.40. The SMILES string of the molecule is C=CC(=O)NC(C)(O)C(=O)O.COC. The standard InChI is InChI=1S/C6H9NO4.C2H6O/c1-3-4(8)7-6(2,11)5(9)10;1-3-2/h3,11H,1H2,2H3,(H,7,8)(H,9,10);1-2H3. The molecule has 0 fully saturated rings. The monoisotopic (exact) mass is 205 g/mol. The van der Waals surface area contributed by atoms with Crippen LogP contribution in [0.2, 0.25) is 0 Å². The van der Waals surface area contributed by atoms with Crippen LogP contribution in [0.5, 0.6) is 0 Å². The van der Waals surface area contributed by atoms with Gasteiger partial charge in [-0.2, -0.15) is 0 Å². The molecule has 1 amide bonds. The fraction of sp³-hybridized carbons (Fsp3) is 0.500. The van der Waals surface area contributed by atoms with E-state index in [4.69, 9.17) is 10.2 Å². The Morgan fingerprint density at radius 3 is 2.07 bits per heavy atom. The Morgan fingerprint density at radius 2 is 1.86 bits per heavy atom. The molecular weight excluding hydrogens is 190 g/mol. The van der Waals surface area contributed by atoms with Crippen molar-refractivity contribution in [3.63, 3.8) is 0 Å². The molecule has 0 aliphatic carbocycles. The van der Waals surface area contributed by atoms with Gasteiger partial charge in [-0.05, 0) is 13.0 Å². The van der Waals surface area contributed by atoms with E-state index in [1.165, 1.54) is 0 Å². The fourth-order valence-corrected chi connectivity index (χ4v) is 0.344. The van der Waals surface area contributed by atoms with Crippen molar-refractivity contribution in [2.24, 2.45) is 0 Å². The topological polar surface area (TPSA) is 95.9 Å². The number of aliphatic carboxylic acids is 1. The number of carbonyl (C=O) groups is 2. The lowest BCUT2D eigenvalue weighted by Gasteiger charge is -2.17. The van der Waals surface area contributed by atoms with E-state index in [2.05, 4.69) is 11.3 Å². The van der Waals surface area contributed by atoms with Gasteiger partial charge in [0.2, 0.25) is 11.6 Å². The summed E-state index contributed by atoms with van der Waals surface area (Å²) >= 11 is 0. The van der Waals surface area contributed by atoms with Crippen LogP contribution in [-0.2, 0) is 14.3 Å². The van der Waals surface area contributed by atoms with E-state index in [1.54, 1.807) is 19.5 Å². The summed E-state index contributed by atoms with van der Waals surface area (Å²) in [4.78, 5) is 20.7. The number of hydrogen-bond donors (Lipinski definition) is 3. The lowest BCUT2D eigenvalue weighted by Crippen LogP contribution is -2.51. The van der Waals surface area contributed by atoms with E-state index in [-0.39, 0.29) is 0 Å². The molecule has 0 spiro atoms. The van der Waals surface area contributed by atoms with Gasteiger partial charge in [-0.3, -0.25) is 4.79 Å². The van der Waals surface area contributed by atoms with Crippen LogP contribution in [0.1, 0.15) is 6.92 Å². The normalized spacial score (nSPS) is 12.9. The largest absolute Gasteiger partial charge is 0.478 e. The third-order valence-electron chi connectivity index (χ3n) is 0.968.